The Hall–Kier alpha value is -2.90. The second-order valence-electron chi connectivity index (χ2n) is 9.71. The predicted molar refractivity (Wildman–Crippen MR) is 134 cm³/mol. The van der Waals surface area contributed by atoms with Gasteiger partial charge in [-0.05, 0) is 30.7 Å². The van der Waals surface area contributed by atoms with Crippen molar-refractivity contribution >= 4 is 23.7 Å². The normalized spacial score (nSPS) is 26.1. The van der Waals surface area contributed by atoms with Crippen molar-refractivity contribution in [2.45, 2.75) is 97.4 Å². The molecule has 1 saturated heterocycles. The number of unbranched alkanes of at least 4 members (excludes halogenated alkanes) is 1. The van der Waals surface area contributed by atoms with Gasteiger partial charge in [0.05, 0.1) is 6.42 Å². The maximum Gasteiger partial charge on any atom is 0.329 e. The summed E-state index contributed by atoms with van der Waals surface area (Å²) in [6.45, 7) is 9.40. The van der Waals surface area contributed by atoms with E-state index in [-0.39, 0.29) is 30.6 Å². The van der Waals surface area contributed by atoms with Crippen LogP contribution in [-0.2, 0) is 30.3 Å². The van der Waals surface area contributed by atoms with E-state index >= 15 is 0 Å². The summed E-state index contributed by atoms with van der Waals surface area (Å²) in [6.07, 6.45) is 2.95. The number of carbonyl (C=O) groups excluding carboxylic acids is 4. The number of hydrogen-bond acceptors (Lipinski definition) is 5. The molecule has 2 rings (SSSR count). The summed E-state index contributed by atoms with van der Waals surface area (Å²) in [5, 5.41) is 8.28. The van der Waals surface area contributed by atoms with Gasteiger partial charge < -0.3 is 20.7 Å². The molecule has 0 spiro atoms. The van der Waals surface area contributed by atoms with Crippen LogP contribution in [0.5, 0.6) is 0 Å². The minimum absolute atomic E-state index is 0.0497. The van der Waals surface area contributed by atoms with Crippen molar-refractivity contribution in [1.82, 2.24) is 16.0 Å². The van der Waals surface area contributed by atoms with Gasteiger partial charge in [0.15, 0.2) is 0 Å². The third kappa shape index (κ3) is 8.67. The van der Waals surface area contributed by atoms with Gasteiger partial charge in [-0.25, -0.2) is 4.79 Å². The van der Waals surface area contributed by atoms with E-state index in [1.54, 1.807) is 6.92 Å². The number of ether oxygens (including phenoxy) is 1. The van der Waals surface area contributed by atoms with Gasteiger partial charge in [0.25, 0.3) is 0 Å². The highest BCUT2D eigenvalue weighted by Gasteiger charge is 2.35. The monoisotopic (exact) mass is 487 g/mol. The lowest BCUT2D eigenvalue weighted by Gasteiger charge is -2.29. The average Bonchev–Trinajstić information content (AvgIpc) is 2.84. The second kappa shape index (κ2) is 13.9. The van der Waals surface area contributed by atoms with Crippen LogP contribution in [0.15, 0.2) is 30.3 Å². The summed E-state index contributed by atoms with van der Waals surface area (Å²) < 4.78 is 5.87. The van der Waals surface area contributed by atoms with Crippen LogP contribution in [0.2, 0.25) is 0 Å². The van der Waals surface area contributed by atoms with E-state index < -0.39 is 42.0 Å². The zero-order valence-corrected chi connectivity index (χ0v) is 21.6. The summed E-state index contributed by atoms with van der Waals surface area (Å²) >= 11 is 0. The molecule has 0 aromatic heterocycles. The molecular weight excluding hydrogens is 446 g/mol. The SMILES string of the molecule is CCCC[C@H](C)[C@H]1CC(=O)N[C@@H](Cc2ccccc2)C(=O)N[C@@H](C)C(=O)NC([C@@H](C)CC)C(=O)O1. The molecule has 1 aromatic carbocycles. The van der Waals surface area contributed by atoms with Crippen LogP contribution in [0.1, 0.15) is 72.3 Å². The van der Waals surface area contributed by atoms with Gasteiger partial charge in [-0.2, -0.15) is 0 Å². The van der Waals surface area contributed by atoms with E-state index in [2.05, 4.69) is 22.9 Å². The summed E-state index contributed by atoms with van der Waals surface area (Å²) in [7, 11) is 0. The predicted octanol–water partition coefficient (Wildman–Crippen LogP) is 2.89. The lowest BCUT2D eigenvalue weighted by atomic mass is 9.94. The summed E-state index contributed by atoms with van der Waals surface area (Å²) in [4.78, 5) is 52.3. The molecule has 1 heterocycles. The van der Waals surface area contributed by atoms with E-state index in [4.69, 9.17) is 4.74 Å². The van der Waals surface area contributed by atoms with E-state index in [1.165, 1.54) is 0 Å². The molecule has 194 valence electrons. The van der Waals surface area contributed by atoms with Crippen LogP contribution in [0.3, 0.4) is 0 Å². The van der Waals surface area contributed by atoms with Crippen LogP contribution >= 0.6 is 0 Å². The Labute approximate surface area is 208 Å². The molecule has 1 fully saturated rings. The number of esters is 1. The Morgan fingerprint density at radius 1 is 0.943 bits per heavy atom. The van der Waals surface area contributed by atoms with E-state index in [0.717, 1.165) is 24.8 Å². The topological polar surface area (TPSA) is 114 Å². The molecular formula is C27H41N3O5. The molecule has 0 aliphatic carbocycles. The van der Waals surface area contributed by atoms with Crippen molar-refractivity contribution in [1.29, 1.82) is 0 Å². The van der Waals surface area contributed by atoms with E-state index in [9.17, 15) is 19.2 Å². The largest absolute Gasteiger partial charge is 0.460 e. The van der Waals surface area contributed by atoms with Crippen molar-refractivity contribution in [3.05, 3.63) is 35.9 Å². The number of rotatable bonds is 8. The molecule has 0 bridgehead atoms. The number of benzene rings is 1. The number of carbonyl (C=O) groups is 4. The Morgan fingerprint density at radius 2 is 1.63 bits per heavy atom. The molecule has 35 heavy (non-hydrogen) atoms. The fourth-order valence-electron chi connectivity index (χ4n) is 4.12. The third-order valence-corrected chi connectivity index (χ3v) is 6.75. The molecule has 1 aliphatic heterocycles. The Morgan fingerprint density at radius 3 is 2.26 bits per heavy atom. The summed E-state index contributed by atoms with van der Waals surface area (Å²) in [6, 6.07) is 6.75. The fraction of sp³-hybridized carbons (Fsp3) is 0.630. The number of amides is 3. The highest BCUT2D eigenvalue weighted by atomic mass is 16.5. The molecule has 8 nitrogen and oxygen atoms in total. The van der Waals surface area contributed by atoms with Gasteiger partial charge in [-0.1, -0.05) is 77.3 Å². The quantitative estimate of drug-likeness (QED) is 0.488. The maximum absolute atomic E-state index is 13.2. The maximum atomic E-state index is 13.2. The van der Waals surface area contributed by atoms with Crippen molar-refractivity contribution in [3.63, 3.8) is 0 Å². The smallest absolute Gasteiger partial charge is 0.329 e. The first-order chi connectivity index (χ1) is 16.7. The standard InChI is InChI=1S/C27H41N3O5/c1-6-8-12-18(4)22-16-23(31)29-21(15-20-13-10-9-11-14-20)26(33)28-19(5)25(32)30-24(17(3)7-2)27(34)35-22/h9-11,13-14,17-19,21-22,24H,6-8,12,15-16H2,1-5H3,(H,28,33)(H,29,31)(H,30,32)/t17-,18-,19-,21-,22+,24?/m0/s1. The first-order valence-corrected chi connectivity index (χ1v) is 12.8. The molecule has 0 radical (unpaired) electrons. The molecule has 1 unspecified atom stereocenters. The van der Waals surface area contributed by atoms with Gasteiger partial charge in [0.2, 0.25) is 17.7 Å². The van der Waals surface area contributed by atoms with Gasteiger partial charge in [0, 0.05) is 6.42 Å². The number of hydrogen-bond donors (Lipinski definition) is 3. The van der Waals surface area contributed by atoms with Gasteiger partial charge in [-0.3, -0.25) is 14.4 Å². The third-order valence-electron chi connectivity index (χ3n) is 6.75. The van der Waals surface area contributed by atoms with Crippen molar-refractivity contribution < 1.29 is 23.9 Å². The Balaban J connectivity index is 2.37. The summed E-state index contributed by atoms with van der Waals surface area (Å²) in [5.41, 5.74) is 0.880. The van der Waals surface area contributed by atoms with Gasteiger partial charge in [0.1, 0.15) is 24.2 Å². The Bertz CT molecular complexity index is 860. The van der Waals surface area contributed by atoms with Crippen molar-refractivity contribution in [2.75, 3.05) is 0 Å². The van der Waals surface area contributed by atoms with Crippen LogP contribution in [0.25, 0.3) is 0 Å². The zero-order valence-electron chi connectivity index (χ0n) is 21.6. The molecule has 3 amide bonds. The highest BCUT2D eigenvalue weighted by molar-refractivity contribution is 5.94. The van der Waals surface area contributed by atoms with Crippen LogP contribution in [0.4, 0.5) is 0 Å². The Kier molecular flexibility index (Phi) is 11.2. The van der Waals surface area contributed by atoms with Gasteiger partial charge >= 0.3 is 5.97 Å². The minimum Gasteiger partial charge on any atom is -0.460 e. The van der Waals surface area contributed by atoms with Crippen LogP contribution in [-0.4, -0.2) is 47.9 Å². The van der Waals surface area contributed by atoms with Crippen molar-refractivity contribution in [2.24, 2.45) is 11.8 Å². The lowest BCUT2D eigenvalue weighted by Crippen LogP contribution is -2.55. The van der Waals surface area contributed by atoms with Crippen LogP contribution < -0.4 is 16.0 Å². The molecule has 0 saturated carbocycles. The highest BCUT2D eigenvalue weighted by Crippen LogP contribution is 2.21. The molecule has 3 N–H and O–H groups in total. The fourth-order valence-corrected chi connectivity index (χ4v) is 4.12. The molecule has 6 atom stereocenters. The van der Waals surface area contributed by atoms with E-state index in [0.29, 0.717) is 6.42 Å². The first kappa shape index (κ1) is 28.3. The first-order valence-electron chi connectivity index (χ1n) is 12.8. The summed E-state index contributed by atoms with van der Waals surface area (Å²) in [5.74, 6) is -2.07. The molecule has 1 aliphatic rings. The number of cyclic esters (lactones) is 1. The van der Waals surface area contributed by atoms with Gasteiger partial charge in [-0.15, -0.1) is 0 Å². The second-order valence-corrected chi connectivity index (χ2v) is 9.71. The lowest BCUT2D eigenvalue weighted by molar-refractivity contribution is -0.158. The zero-order chi connectivity index (χ0) is 26.0. The average molecular weight is 488 g/mol. The molecule has 1 aromatic rings. The van der Waals surface area contributed by atoms with Crippen molar-refractivity contribution in [3.8, 4) is 0 Å². The van der Waals surface area contributed by atoms with Crippen LogP contribution in [0, 0.1) is 11.8 Å². The minimum atomic E-state index is -0.892. The number of nitrogens with one attached hydrogen (secondary N) is 3. The molecule has 8 heteroatoms. The van der Waals surface area contributed by atoms with E-state index in [1.807, 2.05) is 51.1 Å².